The van der Waals surface area contributed by atoms with Crippen molar-refractivity contribution in [2.75, 3.05) is 0 Å². The van der Waals surface area contributed by atoms with Crippen molar-refractivity contribution in [2.24, 2.45) is 5.84 Å². The standard InChI is InChI=1S/C9H12N2O4S/c1-7(15-9(12)11-10)16(13,14)8-5-3-2-4-6-8/h2-7H,10H2,1H3,(H,11,12). The Bertz CT molecular complexity index is 458. The molecule has 1 atom stereocenters. The predicted octanol–water partition coefficient (Wildman–Crippen LogP) is 0.406. The molecule has 1 amide bonds. The zero-order valence-electron chi connectivity index (χ0n) is 8.58. The predicted molar refractivity (Wildman–Crippen MR) is 56.9 cm³/mol. The molecule has 7 heteroatoms. The third-order valence-corrected chi connectivity index (χ3v) is 3.80. The number of benzene rings is 1. The summed E-state index contributed by atoms with van der Waals surface area (Å²) in [6.07, 6.45) is -0.994. The van der Waals surface area contributed by atoms with Crippen molar-refractivity contribution in [2.45, 2.75) is 17.3 Å². The van der Waals surface area contributed by atoms with Crippen LogP contribution in [0.25, 0.3) is 0 Å². The lowest BCUT2D eigenvalue weighted by molar-refractivity contribution is 0.137. The van der Waals surface area contributed by atoms with Gasteiger partial charge in [-0.1, -0.05) is 18.2 Å². The zero-order chi connectivity index (χ0) is 12.2. The normalized spacial score (nSPS) is 12.9. The van der Waals surface area contributed by atoms with Gasteiger partial charge in [-0.3, -0.25) is 5.43 Å². The van der Waals surface area contributed by atoms with Crippen molar-refractivity contribution >= 4 is 15.9 Å². The van der Waals surface area contributed by atoms with E-state index in [0.717, 1.165) is 0 Å². The van der Waals surface area contributed by atoms with Gasteiger partial charge in [0.2, 0.25) is 15.3 Å². The van der Waals surface area contributed by atoms with Crippen LogP contribution in [0.2, 0.25) is 0 Å². The molecule has 1 aromatic rings. The zero-order valence-corrected chi connectivity index (χ0v) is 9.40. The topological polar surface area (TPSA) is 98.5 Å². The highest BCUT2D eigenvalue weighted by molar-refractivity contribution is 7.91. The molecule has 0 bridgehead atoms. The van der Waals surface area contributed by atoms with E-state index < -0.39 is 21.4 Å². The van der Waals surface area contributed by atoms with E-state index in [1.807, 2.05) is 0 Å². The minimum atomic E-state index is -3.68. The summed E-state index contributed by atoms with van der Waals surface area (Å²) in [6.45, 7) is 1.26. The first-order chi connectivity index (χ1) is 7.48. The number of carbonyl (C=O) groups is 1. The molecular weight excluding hydrogens is 232 g/mol. The molecule has 0 spiro atoms. The number of sulfone groups is 1. The van der Waals surface area contributed by atoms with Crippen LogP contribution in [0.1, 0.15) is 6.92 Å². The third kappa shape index (κ3) is 2.71. The minimum absolute atomic E-state index is 0.0901. The first kappa shape index (κ1) is 12.5. The molecule has 0 aliphatic heterocycles. The van der Waals surface area contributed by atoms with Crippen LogP contribution in [0.5, 0.6) is 0 Å². The smallest absolute Gasteiger partial charge is 0.422 e. The van der Waals surface area contributed by atoms with Crippen LogP contribution < -0.4 is 11.3 Å². The van der Waals surface area contributed by atoms with Gasteiger partial charge in [0.05, 0.1) is 4.90 Å². The highest BCUT2D eigenvalue weighted by Gasteiger charge is 2.26. The molecule has 16 heavy (non-hydrogen) atoms. The molecule has 0 heterocycles. The summed E-state index contributed by atoms with van der Waals surface area (Å²) in [6, 6.07) is 7.72. The lowest BCUT2D eigenvalue weighted by Crippen LogP contribution is -2.35. The lowest BCUT2D eigenvalue weighted by Gasteiger charge is -2.13. The summed E-state index contributed by atoms with van der Waals surface area (Å²) in [7, 11) is -3.68. The Morgan fingerprint density at radius 2 is 1.94 bits per heavy atom. The van der Waals surface area contributed by atoms with Crippen molar-refractivity contribution in [3.8, 4) is 0 Å². The average molecular weight is 244 g/mol. The van der Waals surface area contributed by atoms with E-state index >= 15 is 0 Å². The number of nitrogens with one attached hydrogen (secondary N) is 1. The van der Waals surface area contributed by atoms with Crippen molar-refractivity contribution in [3.63, 3.8) is 0 Å². The van der Waals surface area contributed by atoms with Gasteiger partial charge in [0.25, 0.3) is 0 Å². The fourth-order valence-electron chi connectivity index (χ4n) is 1.05. The fourth-order valence-corrected chi connectivity index (χ4v) is 2.18. The largest absolute Gasteiger partial charge is 0.429 e. The molecule has 1 rings (SSSR count). The van der Waals surface area contributed by atoms with Gasteiger partial charge < -0.3 is 4.74 Å². The number of nitrogens with two attached hydrogens (primary N) is 1. The Morgan fingerprint density at radius 1 is 1.38 bits per heavy atom. The van der Waals surface area contributed by atoms with E-state index in [-0.39, 0.29) is 4.90 Å². The van der Waals surface area contributed by atoms with Crippen LogP contribution in [0.15, 0.2) is 35.2 Å². The van der Waals surface area contributed by atoms with E-state index in [2.05, 4.69) is 4.74 Å². The van der Waals surface area contributed by atoms with Gasteiger partial charge in [-0.05, 0) is 19.1 Å². The summed E-state index contributed by atoms with van der Waals surface area (Å²) >= 11 is 0. The monoisotopic (exact) mass is 244 g/mol. The van der Waals surface area contributed by atoms with E-state index in [1.165, 1.54) is 19.1 Å². The number of amides is 1. The molecule has 1 unspecified atom stereocenters. The Hall–Kier alpha value is -1.60. The SMILES string of the molecule is CC(OC(=O)NN)S(=O)(=O)c1ccccc1. The Labute approximate surface area is 93.3 Å². The molecule has 88 valence electrons. The van der Waals surface area contributed by atoms with E-state index in [4.69, 9.17) is 5.84 Å². The van der Waals surface area contributed by atoms with Gasteiger partial charge >= 0.3 is 6.09 Å². The van der Waals surface area contributed by atoms with Crippen LogP contribution >= 0.6 is 0 Å². The molecule has 0 aliphatic rings. The van der Waals surface area contributed by atoms with Crippen LogP contribution in [0.3, 0.4) is 0 Å². The second kappa shape index (κ2) is 4.95. The van der Waals surface area contributed by atoms with Gasteiger partial charge in [0.15, 0.2) is 0 Å². The van der Waals surface area contributed by atoms with Crippen LogP contribution in [-0.2, 0) is 14.6 Å². The second-order valence-corrected chi connectivity index (χ2v) is 5.20. The molecule has 0 aliphatic carbocycles. The van der Waals surface area contributed by atoms with E-state index in [9.17, 15) is 13.2 Å². The number of hydrogen-bond acceptors (Lipinski definition) is 5. The molecule has 0 radical (unpaired) electrons. The minimum Gasteiger partial charge on any atom is -0.429 e. The van der Waals surface area contributed by atoms with Crippen LogP contribution in [0, 0.1) is 0 Å². The second-order valence-electron chi connectivity index (χ2n) is 2.98. The Kier molecular flexibility index (Phi) is 3.86. The van der Waals surface area contributed by atoms with E-state index in [0.29, 0.717) is 0 Å². The summed E-state index contributed by atoms with van der Waals surface area (Å²) in [5, 5.41) is 0. The van der Waals surface area contributed by atoms with Crippen LogP contribution in [0.4, 0.5) is 4.79 Å². The van der Waals surface area contributed by atoms with Gasteiger partial charge in [-0.15, -0.1) is 0 Å². The summed E-state index contributed by atoms with van der Waals surface area (Å²) in [5.41, 5.74) is 0.401. The van der Waals surface area contributed by atoms with Gasteiger partial charge in [0, 0.05) is 0 Å². The molecule has 1 aromatic carbocycles. The Balaban J connectivity index is 2.91. The average Bonchev–Trinajstić information content (AvgIpc) is 2.29. The van der Waals surface area contributed by atoms with E-state index in [1.54, 1.807) is 23.6 Å². The summed E-state index contributed by atoms with van der Waals surface area (Å²) < 4.78 is 28.2. The maximum Gasteiger partial charge on any atom is 0.422 e. The van der Waals surface area contributed by atoms with Gasteiger partial charge in [-0.2, -0.15) is 0 Å². The van der Waals surface area contributed by atoms with Crippen molar-refractivity contribution in [3.05, 3.63) is 30.3 Å². The summed E-state index contributed by atoms with van der Waals surface area (Å²) in [5.74, 6) is 4.78. The first-order valence-corrected chi connectivity index (χ1v) is 5.99. The maximum atomic E-state index is 11.8. The van der Waals surface area contributed by atoms with Crippen molar-refractivity contribution in [1.29, 1.82) is 0 Å². The van der Waals surface area contributed by atoms with Crippen molar-refractivity contribution in [1.82, 2.24) is 5.43 Å². The Morgan fingerprint density at radius 3 is 2.44 bits per heavy atom. The number of hydrogen-bond donors (Lipinski definition) is 2. The van der Waals surface area contributed by atoms with Gasteiger partial charge in [0.1, 0.15) is 0 Å². The highest BCUT2D eigenvalue weighted by Crippen LogP contribution is 2.16. The molecule has 6 nitrogen and oxygen atoms in total. The quantitative estimate of drug-likeness (QED) is 0.455. The maximum absolute atomic E-state index is 11.8. The number of ether oxygens (including phenoxy) is 1. The number of rotatable bonds is 3. The molecule has 0 saturated carbocycles. The highest BCUT2D eigenvalue weighted by atomic mass is 32.2. The third-order valence-electron chi connectivity index (χ3n) is 1.90. The molecule has 0 aromatic heterocycles. The molecule has 3 N–H and O–H groups in total. The molecule has 0 saturated heterocycles. The summed E-state index contributed by atoms with van der Waals surface area (Å²) in [4.78, 5) is 10.9. The van der Waals surface area contributed by atoms with Crippen LogP contribution in [-0.4, -0.2) is 19.9 Å². The number of hydrazine groups is 1. The van der Waals surface area contributed by atoms with Crippen molar-refractivity contribution < 1.29 is 17.9 Å². The number of carbonyl (C=O) groups excluding carboxylic acids is 1. The lowest BCUT2D eigenvalue weighted by atomic mass is 10.4. The fraction of sp³-hybridized carbons (Fsp3) is 0.222. The first-order valence-electron chi connectivity index (χ1n) is 4.44. The molecular formula is C9H12N2O4S. The molecule has 0 fully saturated rings. The van der Waals surface area contributed by atoms with Gasteiger partial charge in [-0.25, -0.2) is 19.1 Å².